The molecule has 0 N–H and O–H groups in total. The zero-order chi connectivity index (χ0) is 14.8. The summed E-state index contributed by atoms with van der Waals surface area (Å²) >= 11 is 0. The van der Waals surface area contributed by atoms with Crippen LogP contribution in [0.2, 0.25) is 0 Å². The molecule has 1 fully saturated rings. The van der Waals surface area contributed by atoms with Crippen molar-refractivity contribution in [3.8, 4) is 6.07 Å². The van der Waals surface area contributed by atoms with Gasteiger partial charge in [0.15, 0.2) is 0 Å². The van der Waals surface area contributed by atoms with Gasteiger partial charge in [0.1, 0.15) is 11.4 Å². The smallest absolute Gasteiger partial charge is 0.255 e. The van der Waals surface area contributed by atoms with Gasteiger partial charge in [-0.2, -0.15) is 5.26 Å². The van der Waals surface area contributed by atoms with Crippen LogP contribution in [-0.2, 0) is 0 Å². The summed E-state index contributed by atoms with van der Waals surface area (Å²) in [6.07, 6.45) is 4.47. The molecule has 4 heteroatoms. The highest BCUT2D eigenvalue weighted by molar-refractivity contribution is 5.96. The Morgan fingerprint density at radius 2 is 2.00 bits per heavy atom. The van der Waals surface area contributed by atoms with Gasteiger partial charge in [0.05, 0.1) is 6.07 Å². The van der Waals surface area contributed by atoms with E-state index in [1.807, 2.05) is 0 Å². The summed E-state index contributed by atoms with van der Waals surface area (Å²) in [6.45, 7) is 1.71. The summed E-state index contributed by atoms with van der Waals surface area (Å²) in [4.78, 5) is 14.1. The van der Waals surface area contributed by atoms with Crippen molar-refractivity contribution in [2.24, 2.45) is 0 Å². The van der Waals surface area contributed by atoms with Gasteiger partial charge in [0, 0.05) is 12.6 Å². The molecule has 0 atom stereocenters. The van der Waals surface area contributed by atoms with E-state index in [1.54, 1.807) is 18.9 Å². The van der Waals surface area contributed by atoms with Crippen LogP contribution >= 0.6 is 0 Å². The minimum Gasteiger partial charge on any atom is -0.323 e. The average molecular weight is 274 g/mol. The predicted molar refractivity (Wildman–Crippen MR) is 74.7 cm³/mol. The number of nitriles is 1. The van der Waals surface area contributed by atoms with Gasteiger partial charge in [0.2, 0.25) is 0 Å². The van der Waals surface area contributed by atoms with Gasteiger partial charge < -0.3 is 4.90 Å². The Bertz CT molecular complexity index is 556. The number of benzene rings is 1. The van der Waals surface area contributed by atoms with Gasteiger partial charge in [-0.1, -0.05) is 19.3 Å². The van der Waals surface area contributed by atoms with Crippen molar-refractivity contribution in [3.63, 3.8) is 0 Å². The van der Waals surface area contributed by atoms with Crippen molar-refractivity contribution in [1.82, 2.24) is 4.90 Å². The Morgan fingerprint density at radius 1 is 1.35 bits per heavy atom. The number of nitrogens with zero attached hydrogens (tertiary/aromatic N) is 2. The number of carbonyl (C=O) groups is 1. The maximum absolute atomic E-state index is 13.1. The molecule has 0 radical (unpaired) electrons. The summed E-state index contributed by atoms with van der Waals surface area (Å²) in [5, 5.41) is 9.52. The first kappa shape index (κ1) is 14.5. The van der Waals surface area contributed by atoms with Gasteiger partial charge in [-0.15, -0.1) is 0 Å². The van der Waals surface area contributed by atoms with Crippen LogP contribution in [0, 0.1) is 24.1 Å². The number of hydrogen-bond acceptors (Lipinski definition) is 2. The number of rotatable bonds is 2. The third kappa shape index (κ3) is 2.53. The summed E-state index contributed by atoms with van der Waals surface area (Å²) in [5.41, 5.74) is 0.357. The van der Waals surface area contributed by atoms with Gasteiger partial charge in [-0.25, -0.2) is 4.39 Å². The van der Waals surface area contributed by atoms with Crippen molar-refractivity contribution in [3.05, 3.63) is 35.1 Å². The second-order valence-corrected chi connectivity index (χ2v) is 5.53. The molecule has 1 aromatic carbocycles. The van der Waals surface area contributed by atoms with E-state index in [2.05, 4.69) is 6.07 Å². The van der Waals surface area contributed by atoms with Gasteiger partial charge >= 0.3 is 0 Å². The maximum Gasteiger partial charge on any atom is 0.255 e. The molecule has 3 nitrogen and oxygen atoms in total. The predicted octanol–water partition coefficient (Wildman–Crippen LogP) is 3.43. The molecular weight excluding hydrogens is 255 g/mol. The van der Waals surface area contributed by atoms with Gasteiger partial charge in [0.25, 0.3) is 5.91 Å². The van der Waals surface area contributed by atoms with E-state index < -0.39 is 5.54 Å². The molecule has 0 saturated heterocycles. The first-order chi connectivity index (χ1) is 9.50. The Labute approximate surface area is 119 Å². The molecule has 1 saturated carbocycles. The highest BCUT2D eigenvalue weighted by Crippen LogP contribution is 2.33. The van der Waals surface area contributed by atoms with Crippen LogP contribution in [-0.4, -0.2) is 23.4 Å². The SMILES string of the molecule is Cc1cc(F)ccc1C(=O)N(C)C1(C#N)CCCCC1. The van der Waals surface area contributed by atoms with E-state index >= 15 is 0 Å². The number of carbonyl (C=O) groups excluding carboxylic acids is 1. The standard InChI is InChI=1S/C16H19FN2O/c1-12-10-13(17)6-7-14(12)15(20)19(2)16(11-18)8-4-3-5-9-16/h6-7,10H,3-5,8-9H2,1-2H3. The van der Waals surface area contributed by atoms with Crippen LogP contribution in [0.4, 0.5) is 4.39 Å². The monoisotopic (exact) mass is 274 g/mol. The molecule has 0 spiro atoms. The molecule has 20 heavy (non-hydrogen) atoms. The Balaban J connectivity index is 2.30. The average Bonchev–Trinajstić information content (AvgIpc) is 2.46. The van der Waals surface area contributed by atoms with Crippen molar-refractivity contribution in [2.45, 2.75) is 44.6 Å². The maximum atomic E-state index is 13.1. The lowest BCUT2D eigenvalue weighted by Crippen LogP contribution is -2.50. The summed E-state index contributed by atoms with van der Waals surface area (Å²) < 4.78 is 13.1. The van der Waals surface area contributed by atoms with Crippen molar-refractivity contribution >= 4 is 5.91 Å². The topological polar surface area (TPSA) is 44.1 Å². The van der Waals surface area contributed by atoms with E-state index in [4.69, 9.17) is 0 Å². The second kappa shape index (κ2) is 5.62. The second-order valence-electron chi connectivity index (χ2n) is 5.53. The Hall–Kier alpha value is -1.89. The molecule has 0 heterocycles. The molecular formula is C16H19FN2O. The highest BCUT2D eigenvalue weighted by Gasteiger charge is 2.39. The minimum absolute atomic E-state index is 0.203. The normalized spacial score (nSPS) is 17.3. The van der Waals surface area contributed by atoms with Crippen LogP contribution in [0.1, 0.15) is 48.0 Å². The van der Waals surface area contributed by atoms with E-state index in [-0.39, 0.29) is 11.7 Å². The fourth-order valence-electron chi connectivity index (χ4n) is 2.90. The lowest BCUT2D eigenvalue weighted by atomic mass is 9.81. The molecule has 1 aliphatic carbocycles. The zero-order valence-corrected chi connectivity index (χ0v) is 11.9. The Kier molecular flexibility index (Phi) is 4.08. The van der Waals surface area contributed by atoms with Crippen LogP contribution in [0.15, 0.2) is 18.2 Å². The zero-order valence-electron chi connectivity index (χ0n) is 11.9. The van der Waals surface area contributed by atoms with Crippen molar-refractivity contribution in [1.29, 1.82) is 5.26 Å². The summed E-state index contributed by atoms with van der Waals surface area (Å²) in [7, 11) is 1.68. The van der Waals surface area contributed by atoms with Crippen molar-refractivity contribution < 1.29 is 9.18 Å². The molecule has 2 rings (SSSR count). The fraction of sp³-hybridized carbons (Fsp3) is 0.500. The summed E-state index contributed by atoms with van der Waals surface area (Å²) in [5.74, 6) is -0.555. The number of hydrogen-bond donors (Lipinski definition) is 0. The van der Waals surface area contributed by atoms with E-state index in [0.717, 1.165) is 19.3 Å². The fourth-order valence-corrected chi connectivity index (χ4v) is 2.90. The summed E-state index contributed by atoms with van der Waals surface area (Å²) in [6, 6.07) is 6.46. The van der Waals surface area contributed by atoms with Crippen LogP contribution < -0.4 is 0 Å². The lowest BCUT2D eigenvalue weighted by Gasteiger charge is -2.39. The van der Waals surface area contributed by atoms with E-state index in [1.165, 1.54) is 18.2 Å². The third-order valence-corrected chi connectivity index (χ3v) is 4.25. The molecule has 106 valence electrons. The van der Waals surface area contributed by atoms with Gasteiger partial charge in [-0.05, 0) is 43.5 Å². The van der Waals surface area contributed by atoms with E-state index in [0.29, 0.717) is 24.0 Å². The first-order valence-corrected chi connectivity index (χ1v) is 6.96. The first-order valence-electron chi connectivity index (χ1n) is 6.96. The number of amides is 1. The molecule has 1 amide bonds. The minimum atomic E-state index is -0.712. The van der Waals surface area contributed by atoms with E-state index in [9.17, 15) is 14.4 Å². The quantitative estimate of drug-likeness (QED) is 0.829. The van der Waals surface area contributed by atoms with Crippen molar-refractivity contribution in [2.75, 3.05) is 7.05 Å². The molecule has 0 aliphatic heterocycles. The van der Waals surface area contributed by atoms with Crippen LogP contribution in [0.5, 0.6) is 0 Å². The largest absolute Gasteiger partial charge is 0.323 e. The van der Waals surface area contributed by atoms with Crippen LogP contribution in [0.3, 0.4) is 0 Å². The molecule has 1 aromatic rings. The van der Waals surface area contributed by atoms with Gasteiger partial charge in [-0.3, -0.25) is 4.79 Å². The number of halogens is 1. The molecule has 0 aromatic heterocycles. The van der Waals surface area contributed by atoms with Crippen LogP contribution in [0.25, 0.3) is 0 Å². The molecule has 0 bridgehead atoms. The molecule has 0 unspecified atom stereocenters. The molecule has 1 aliphatic rings. The highest BCUT2D eigenvalue weighted by atomic mass is 19.1. The lowest BCUT2D eigenvalue weighted by molar-refractivity contribution is 0.0588. The third-order valence-electron chi connectivity index (χ3n) is 4.25. The number of aryl methyl sites for hydroxylation is 1. The Morgan fingerprint density at radius 3 is 2.55 bits per heavy atom.